The average molecular weight is 226 g/mol. The highest BCUT2D eigenvalue weighted by Gasteiger charge is 2.18. The second-order valence-electron chi connectivity index (χ2n) is 3.83. The molecule has 0 amide bonds. The standard InChI is InChI=1S/C12H12F2O2/c1-7(3-8(2)15)12(16)9-4-10(13)6-11(14)5-9/h4-7H,3H2,1-2H3. The number of benzene rings is 1. The van der Waals surface area contributed by atoms with Crippen LogP contribution in [0.4, 0.5) is 8.78 Å². The number of hydrogen-bond acceptors (Lipinski definition) is 2. The van der Waals surface area contributed by atoms with Crippen molar-refractivity contribution in [3.8, 4) is 0 Å². The third-order valence-corrected chi connectivity index (χ3v) is 2.19. The van der Waals surface area contributed by atoms with Crippen molar-refractivity contribution in [2.24, 2.45) is 5.92 Å². The lowest BCUT2D eigenvalue weighted by Gasteiger charge is -2.08. The normalized spacial score (nSPS) is 12.2. The maximum atomic E-state index is 12.9. The molecule has 0 bridgehead atoms. The molecule has 0 N–H and O–H groups in total. The smallest absolute Gasteiger partial charge is 0.166 e. The summed E-state index contributed by atoms with van der Waals surface area (Å²) in [6.45, 7) is 2.93. The molecule has 0 aliphatic heterocycles. The minimum absolute atomic E-state index is 0.0359. The van der Waals surface area contributed by atoms with Crippen molar-refractivity contribution in [3.63, 3.8) is 0 Å². The number of hydrogen-bond donors (Lipinski definition) is 0. The van der Waals surface area contributed by atoms with Gasteiger partial charge in [-0.25, -0.2) is 8.78 Å². The fourth-order valence-electron chi connectivity index (χ4n) is 1.50. The summed E-state index contributed by atoms with van der Waals surface area (Å²) in [5, 5.41) is 0. The van der Waals surface area contributed by atoms with Crippen LogP contribution >= 0.6 is 0 Å². The van der Waals surface area contributed by atoms with Gasteiger partial charge in [0.1, 0.15) is 17.4 Å². The first-order valence-corrected chi connectivity index (χ1v) is 4.90. The van der Waals surface area contributed by atoms with Crippen molar-refractivity contribution in [1.82, 2.24) is 0 Å². The van der Waals surface area contributed by atoms with E-state index in [9.17, 15) is 18.4 Å². The lowest BCUT2D eigenvalue weighted by molar-refractivity contribution is -0.117. The number of carbonyl (C=O) groups is 2. The van der Waals surface area contributed by atoms with Gasteiger partial charge in [0.05, 0.1) is 0 Å². The highest BCUT2D eigenvalue weighted by Crippen LogP contribution is 2.15. The van der Waals surface area contributed by atoms with Crippen molar-refractivity contribution in [2.75, 3.05) is 0 Å². The van der Waals surface area contributed by atoms with Gasteiger partial charge in [-0.3, -0.25) is 4.79 Å². The first-order valence-electron chi connectivity index (χ1n) is 4.90. The van der Waals surface area contributed by atoms with Crippen LogP contribution in [0.1, 0.15) is 30.6 Å². The minimum Gasteiger partial charge on any atom is -0.300 e. The third kappa shape index (κ3) is 3.22. The molecule has 0 aliphatic rings. The highest BCUT2D eigenvalue weighted by molar-refractivity contribution is 5.99. The molecule has 2 nitrogen and oxygen atoms in total. The van der Waals surface area contributed by atoms with E-state index < -0.39 is 23.3 Å². The Kier molecular flexibility index (Phi) is 3.88. The predicted octanol–water partition coefficient (Wildman–Crippen LogP) is 2.76. The van der Waals surface area contributed by atoms with Crippen LogP contribution in [0.25, 0.3) is 0 Å². The van der Waals surface area contributed by atoms with Crippen molar-refractivity contribution >= 4 is 11.6 Å². The molecule has 86 valence electrons. The Morgan fingerprint density at radius 2 is 1.69 bits per heavy atom. The Hall–Kier alpha value is -1.58. The monoisotopic (exact) mass is 226 g/mol. The van der Waals surface area contributed by atoms with E-state index in [4.69, 9.17) is 0 Å². The lowest BCUT2D eigenvalue weighted by atomic mass is 9.95. The van der Waals surface area contributed by atoms with E-state index in [1.807, 2.05) is 0 Å². The molecule has 1 atom stereocenters. The molecule has 16 heavy (non-hydrogen) atoms. The number of rotatable bonds is 4. The molecule has 1 unspecified atom stereocenters. The van der Waals surface area contributed by atoms with Gasteiger partial charge < -0.3 is 4.79 Å². The van der Waals surface area contributed by atoms with Crippen molar-refractivity contribution in [3.05, 3.63) is 35.4 Å². The van der Waals surface area contributed by atoms with Crippen LogP contribution in [0, 0.1) is 17.6 Å². The Morgan fingerprint density at radius 3 is 2.12 bits per heavy atom. The van der Waals surface area contributed by atoms with Gasteiger partial charge in [0.2, 0.25) is 0 Å². The maximum absolute atomic E-state index is 12.9. The molecule has 4 heteroatoms. The summed E-state index contributed by atoms with van der Waals surface area (Å²) in [7, 11) is 0. The van der Waals surface area contributed by atoms with Crippen LogP contribution < -0.4 is 0 Å². The number of carbonyl (C=O) groups excluding carboxylic acids is 2. The lowest BCUT2D eigenvalue weighted by Crippen LogP contribution is -2.14. The zero-order valence-corrected chi connectivity index (χ0v) is 9.09. The van der Waals surface area contributed by atoms with Crippen LogP contribution in [-0.2, 0) is 4.79 Å². The first kappa shape index (κ1) is 12.5. The molecule has 0 radical (unpaired) electrons. The summed E-state index contributed by atoms with van der Waals surface area (Å²) in [5.41, 5.74) is -0.0359. The summed E-state index contributed by atoms with van der Waals surface area (Å²) in [6.07, 6.45) is 0.0803. The summed E-state index contributed by atoms with van der Waals surface area (Å²) in [6, 6.07) is 2.65. The number of halogens is 2. The predicted molar refractivity (Wildman–Crippen MR) is 55.2 cm³/mol. The van der Waals surface area contributed by atoms with Gasteiger partial charge in [-0.15, -0.1) is 0 Å². The Balaban J connectivity index is 2.91. The van der Waals surface area contributed by atoms with Crippen LogP contribution in [0.15, 0.2) is 18.2 Å². The van der Waals surface area contributed by atoms with E-state index in [1.165, 1.54) is 6.92 Å². The maximum Gasteiger partial charge on any atom is 0.166 e. The van der Waals surface area contributed by atoms with Gasteiger partial charge >= 0.3 is 0 Å². The zero-order valence-electron chi connectivity index (χ0n) is 9.09. The molecule has 1 aromatic carbocycles. The molecule has 1 rings (SSSR count). The van der Waals surface area contributed by atoms with Crippen LogP contribution in [0.2, 0.25) is 0 Å². The van der Waals surface area contributed by atoms with E-state index in [0.717, 1.165) is 12.1 Å². The molecular weight excluding hydrogens is 214 g/mol. The third-order valence-electron chi connectivity index (χ3n) is 2.19. The largest absolute Gasteiger partial charge is 0.300 e. The number of Topliss-reactive ketones (excluding diaryl/α,β-unsaturated/α-hetero) is 2. The summed E-state index contributed by atoms with van der Waals surface area (Å²) in [5.74, 6) is -2.69. The molecule has 0 spiro atoms. The van der Waals surface area contributed by atoms with Crippen LogP contribution in [0.5, 0.6) is 0 Å². The molecule has 0 fully saturated rings. The van der Waals surface area contributed by atoms with Crippen LogP contribution in [-0.4, -0.2) is 11.6 Å². The van der Waals surface area contributed by atoms with Gasteiger partial charge in [0.15, 0.2) is 5.78 Å². The molecular formula is C12H12F2O2. The molecule has 0 saturated carbocycles. The summed E-state index contributed by atoms with van der Waals surface area (Å²) in [4.78, 5) is 22.5. The van der Waals surface area contributed by atoms with E-state index in [2.05, 4.69) is 0 Å². The quantitative estimate of drug-likeness (QED) is 0.740. The Morgan fingerprint density at radius 1 is 1.19 bits per heavy atom. The fourth-order valence-corrected chi connectivity index (χ4v) is 1.50. The molecule has 1 aromatic rings. The minimum atomic E-state index is -0.793. The topological polar surface area (TPSA) is 34.1 Å². The Bertz CT molecular complexity index is 407. The van der Waals surface area contributed by atoms with Gasteiger partial charge in [-0.1, -0.05) is 6.92 Å². The van der Waals surface area contributed by atoms with Gasteiger partial charge in [0, 0.05) is 24.0 Å². The van der Waals surface area contributed by atoms with Crippen LogP contribution in [0.3, 0.4) is 0 Å². The van der Waals surface area contributed by atoms with Crippen molar-refractivity contribution in [2.45, 2.75) is 20.3 Å². The number of ketones is 2. The first-order chi connectivity index (χ1) is 7.40. The summed E-state index contributed by atoms with van der Waals surface area (Å²) < 4.78 is 25.7. The molecule has 0 heterocycles. The van der Waals surface area contributed by atoms with Gasteiger partial charge in [0.25, 0.3) is 0 Å². The van der Waals surface area contributed by atoms with E-state index >= 15 is 0 Å². The average Bonchev–Trinajstić information content (AvgIpc) is 2.13. The molecule has 0 aliphatic carbocycles. The highest BCUT2D eigenvalue weighted by atomic mass is 19.1. The van der Waals surface area contributed by atoms with Crippen molar-refractivity contribution < 1.29 is 18.4 Å². The Labute approximate surface area is 92.3 Å². The van der Waals surface area contributed by atoms with Gasteiger partial charge in [-0.2, -0.15) is 0 Å². The van der Waals surface area contributed by atoms with E-state index in [-0.39, 0.29) is 17.8 Å². The van der Waals surface area contributed by atoms with E-state index in [0.29, 0.717) is 6.07 Å². The van der Waals surface area contributed by atoms with Crippen molar-refractivity contribution in [1.29, 1.82) is 0 Å². The fraction of sp³-hybridized carbons (Fsp3) is 0.333. The van der Waals surface area contributed by atoms with Gasteiger partial charge in [-0.05, 0) is 19.1 Å². The second-order valence-corrected chi connectivity index (χ2v) is 3.83. The zero-order chi connectivity index (χ0) is 12.3. The van der Waals surface area contributed by atoms with E-state index in [1.54, 1.807) is 6.92 Å². The molecule has 0 saturated heterocycles. The second kappa shape index (κ2) is 4.96. The SMILES string of the molecule is CC(=O)CC(C)C(=O)c1cc(F)cc(F)c1. The summed E-state index contributed by atoms with van der Waals surface area (Å²) >= 11 is 0. The molecule has 0 aromatic heterocycles.